The van der Waals surface area contributed by atoms with Gasteiger partial charge in [-0.3, -0.25) is 0 Å². The Morgan fingerprint density at radius 3 is 2.57 bits per heavy atom. The lowest BCUT2D eigenvalue weighted by atomic mass is 9.94. The lowest BCUT2D eigenvalue weighted by molar-refractivity contribution is 0.558. The van der Waals surface area contributed by atoms with E-state index >= 15 is 0 Å². The highest BCUT2D eigenvalue weighted by molar-refractivity contribution is 5.85. The molecule has 0 saturated carbocycles. The summed E-state index contributed by atoms with van der Waals surface area (Å²) in [5.74, 6) is -0.193. The van der Waals surface area contributed by atoms with Crippen LogP contribution in [0.5, 0.6) is 0 Å². The van der Waals surface area contributed by atoms with Crippen LogP contribution in [0.3, 0.4) is 0 Å². The maximum atomic E-state index is 13.1. The summed E-state index contributed by atoms with van der Waals surface area (Å²) in [4.78, 5) is 3.52. The van der Waals surface area contributed by atoms with E-state index in [2.05, 4.69) is 28.5 Å². The highest BCUT2D eigenvalue weighted by Gasteiger charge is 2.24. The summed E-state index contributed by atoms with van der Waals surface area (Å²) in [7, 11) is 0. The Labute approximate surface area is 128 Å². The van der Waals surface area contributed by atoms with Crippen LogP contribution in [0.1, 0.15) is 22.9 Å². The molecule has 0 bridgehead atoms. The maximum Gasteiger partial charge on any atom is 0.123 e. The molecular weight excluding hydrogens is 287 g/mol. The third-order valence-electron chi connectivity index (χ3n) is 4.06. The minimum atomic E-state index is -0.193. The lowest BCUT2D eigenvalue weighted by Crippen LogP contribution is -2.30. The quantitative estimate of drug-likeness (QED) is 0.699. The Morgan fingerprint density at radius 2 is 1.76 bits per heavy atom. The first kappa shape index (κ1) is 14.1. The Hall–Kier alpha value is -1.84. The van der Waals surface area contributed by atoms with Gasteiger partial charge in [0.25, 0.3) is 0 Å². The molecule has 0 radical (unpaired) electrons. The smallest absolute Gasteiger partial charge is 0.123 e. The molecule has 0 amide bonds. The Kier molecular flexibility index (Phi) is 3.70. The molecule has 4 rings (SSSR count). The van der Waals surface area contributed by atoms with Gasteiger partial charge in [0.15, 0.2) is 0 Å². The van der Waals surface area contributed by atoms with E-state index in [0.717, 1.165) is 18.5 Å². The molecule has 4 heteroatoms. The first-order valence-corrected chi connectivity index (χ1v) is 6.91. The Bertz CT molecular complexity index is 764. The van der Waals surface area contributed by atoms with Crippen LogP contribution in [0.15, 0.2) is 48.5 Å². The molecule has 108 valence electrons. The van der Waals surface area contributed by atoms with Crippen molar-refractivity contribution in [1.82, 2.24) is 10.3 Å². The van der Waals surface area contributed by atoms with E-state index in [0.29, 0.717) is 0 Å². The van der Waals surface area contributed by atoms with E-state index < -0.39 is 0 Å². The molecule has 1 unspecified atom stereocenters. The predicted octanol–water partition coefficient (Wildman–Crippen LogP) is 3.96. The zero-order valence-corrected chi connectivity index (χ0v) is 12.2. The van der Waals surface area contributed by atoms with Crippen molar-refractivity contribution >= 4 is 23.3 Å². The molecule has 0 spiro atoms. The van der Waals surface area contributed by atoms with Crippen molar-refractivity contribution < 1.29 is 4.39 Å². The normalized spacial score (nSPS) is 17.3. The molecule has 3 aromatic rings. The van der Waals surface area contributed by atoms with E-state index in [9.17, 15) is 4.39 Å². The summed E-state index contributed by atoms with van der Waals surface area (Å²) in [6.07, 6.45) is 1.02. The van der Waals surface area contributed by atoms with Gasteiger partial charge in [0, 0.05) is 23.1 Å². The minimum Gasteiger partial charge on any atom is -0.357 e. The van der Waals surface area contributed by atoms with Crippen molar-refractivity contribution in [3.8, 4) is 0 Å². The Balaban J connectivity index is 0.00000132. The molecule has 0 fully saturated rings. The second kappa shape index (κ2) is 5.51. The van der Waals surface area contributed by atoms with Gasteiger partial charge in [-0.2, -0.15) is 0 Å². The standard InChI is InChI=1S/C17H15FN2.ClH/c18-12-7-5-11(6-8-12)16-17-14(9-10-19-16)13-3-1-2-4-15(13)20-17;/h1-8,16,19-20H,9-10H2;1H. The molecule has 1 aliphatic heterocycles. The van der Waals surface area contributed by atoms with Crippen molar-refractivity contribution in [1.29, 1.82) is 0 Å². The van der Waals surface area contributed by atoms with Gasteiger partial charge in [-0.1, -0.05) is 30.3 Å². The number of nitrogens with one attached hydrogen (secondary N) is 2. The van der Waals surface area contributed by atoms with Gasteiger partial charge in [-0.05, 0) is 35.7 Å². The SMILES string of the molecule is Cl.Fc1ccc(C2NCCc3c2[nH]c2ccccc32)cc1. The Morgan fingerprint density at radius 1 is 1.00 bits per heavy atom. The number of aromatic nitrogens is 1. The summed E-state index contributed by atoms with van der Waals surface area (Å²) in [5, 5.41) is 4.82. The topological polar surface area (TPSA) is 27.8 Å². The molecule has 0 saturated heterocycles. The highest BCUT2D eigenvalue weighted by Crippen LogP contribution is 2.33. The minimum absolute atomic E-state index is 0. The van der Waals surface area contributed by atoms with Crippen LogP contribution in [0.4, 0.5) is 4.39 Å². The zero-order chi connectivity index (χ0) is 13.5. The van der Waals surface area contributed by atoms with Crippen LogP contribution in [-0.4, -0.2) is 11.5 Å². The van der Waals surface area contributed by atoms with E-state index in [1.54, 1.807) is 0 Å². The summed E-state index contributed by atoms with van der Waals surface area (Å²) >= 11 is 0. The van der Waals surface area contributed by atoms with Crippen LogP contribution in [0.2, 0.25) is 0 Å². The molecule has 2 nitrogen and oxygen atoms in total. The fourth-order valence-electron chi connectivity index (χ4n) is 3.12. The molecule has 2 heterocycles. The molecule has 1 aromatic heterocycles. The van der Waals surface area contributed by atoms with Crippen LogP contribution < -0.4 is 5.32 Å². The molecule has 0 aliphatic carbocycles. The zero-order valence-electron chi connectivity index (χ0n) is 11.4. The van der Waals surface area contributed by atoms with E-state index in [1.807, 2.05) is 18.2 Å². The van der Waals surface area contributed by atoms with E-state index in [-0.39, 0.29) is 24.3 Å². The molecule has 1 atom stereocenters. The fourth-order valence-corrected chi connectivity index (χ4v) is 3.12. The van der Waals surface area contributed by atoms with Crippen LogP contribution in [0.25, 0.3) is 10.9 Å². The predicted molar refractivity (Wildman–Crippen MR) is 85.5 cm³/mol. The maximum absolute atomic E-state index is 13.1. The average Bonchev–Trinajstić information content (AvgIpc) is 2.87. The average molecular weight is 303 g/mol. The van der Waals surface area contributed by atoms with Gasteiger partial charge in [0.2, 0.25) is 0 Å². The van der Waals surface area contributed by atoms with Crippen molar-refractivity contribution in [3.63, 3.8) is 0 Å². The third-order valence-corrected chi connectivity index (χ3v) is 4.06. The van der Waals surface area contributed by atoms with Crippen molar-refractivity contribution in [2.75, 3.05) is 6.54 Å². The number of benzene rings is 2. The monoisotopic (exact) mass is 302 g/mol. The third kappa shape index (κ3) is 2.33. The highest BCUT2D eigenvalue weighted by atomic mass is 35.5. The van der Waals surface area contributed by atoms with Gasteiger partial charge in [-0.15, -0.1) is 12.4 Å². The van der Waals surface area contributed by atoms with Crippen molar-refractivity contribution in [2.24, 2.45) is 0 Å². The van der Waals surface area contributed by atoms with Crippen LogP contribution in [0, 0.1) is 5.82 Å². The molecule has 21 heavy (non-hydrogen) atoms. The molecule has 2 aromatic carbocycles. The number of para-hydroxylation sites is 1. The fraction of sp³-hybridized carbons (Fsp3) is 0.176. The molecular formula is C17H16ClFN2. The van der Waals surface area contributed by atoms with Crippen LogP contribution in [-0.2, 0) is 6.42 Å². The largest absolute Gasteiger partial charge is 0.357 e. The number of hydrogen-bond donors (Lipinski definition) is 2. The van der Waals surface area contributed by atoms with Crippen molar-refractivity contribution in [2.45, 2.75) is 12.5 Å². The summed E-state index contributed by atoms with van der Waals surface area (Å²) in [6.45, 7) is 0.941. The van der Waals surface area contributed by atoms with Crippen LogP contribution >= 0.6 is 12.4 Å². The molecule has 1 aliphatic rings. The van der Waals surface area contributed by atoms with Gasteiger partial charge >= 0.3 is 0 Å². The number of halogens is 2. The number of aromatic amines is 1. The lowest BCUT2D eigenvalue weighted by Gasteiger charge is -2.24. The second-order valence-corrected chi connectivity index (χ2v) is 5.25. The molecule has 2 N–H and O–H groups in total. The number of rotatable bonds is 1. The summed E-state index contributed by atoms with van der Waals surface area (Å²) in [5.41, 5.74) is 4.87. The van der Waals surface area contributed by atoms with E-state index in [4.69, 9.17) is 0 Å². The number of H-pyrrole nitrogens is 1. The van der Waals surface area contributed by atoms with Crippen molar-refractivity contribution in [3.05, 3.63) is 71.2 Å². The van der Waals surface area contributed by atoms with Gasteiger partial charge in [0.1, 0.15) is 5.82 Å². The first-order chi connectivity index (χ1) is 9.83. The number of fused-ring (bicyclic) bond motifs is 3. The van der Waals surface area contributed by atoms with Gasteiger partial charge < -0.3 is 10.3 Å². The van der Waals surface area contributed by atoms with Gasteiger partial charge in [-0.25, -0.2) is 4.39 Å². The van der Waals surface area contributed by atoms with Gasteiger partial charge in [0.05, 0.1) is 6.04 Å². The number of hydrogen-bond acceptors (Lipinski definition) is 1. The van der Waals surface area contributed by atoms with E-state index in [1.165, 1.54) is 34.3 Å². The second-order valence-electron chi connectivity index (χ2n) is 5.25. The summed E-state index contributed by atoms with van der Waals surface area (Å²) < 4.78 is 13.1. The summed E-state index contributed by atoms with van der Waals surface area (Å²) in [6, 6.07) is 15.3. The first-order valence-electron chi connectivity index (χ1n) is 6.91.